The van der Waals surface area contributed by atoms with Crippen molar-refractivity contribution < 1.29 is 4.79 Å². The largest absolute Gasteiger partial charge is 0.331 e. The first-order valence-electron chi connectivity index (χ1n) is 9.07. The molecule has 0 N–H and O–H groups in total. The molecule has 1 aliphatic heterocycles. The van der Waals surface area contributed by atoms with Gasteiger partial charge in [-0.25, -0.2) is 9.67 Å². The van der Waals surface area contributed by atoms with Crippen molar-refractivity contribution >= 4 is 27.5 Å². The highest BCUT2D eigenvalue weighted by molar-refractivity contribution is 7.18. The first-order chi connectivity index (χ1) is 12.7. The topological polar surface area (TPSA) is 76.8 Å². The minimum atomic E-state index is -0.370. The molecule has 1 amide bonds. The Bertz CT molecular complexity index is 859. The van der Waals surface area contributed by atoms with E-state index in [1.165, 1.54) is 11.0 Å². The lowest BCUT2D eigenvalue weighted by molar-refractivity contribution is -0.137. The van der Waals surface area contributed by atoms with Gasteiger partial charge in [0.15, 0.2) is 0 Å². The van der Waals surface area contributed by atoms with E-state index in [1.807, 2.05) is 23.1 Å². The molecule has 2 aromatic heterocycles. The number of rotatable bonds is 5. The smallest absolute Gasteiger partial charge is 0.248 e. The number of para-hydroxylation sites is 1. The van der Waals surface area contributed by atoms with Gasteiger partial charge in [0.2, 0.25) is 5.91 Å². The molecule has 7 nitrogen and oxygen atoms in total. The SMILES string of the molecule is CC[C@H](C)[C@@H](C(=O)N1CCCC1c1nc2ccccc2s1)n1cnnn1. The van der Waals surface area contributed by atoms with Gasteiger partial charge < -0.3 is 4.90 Å². The lowest BCUT2D eigenvalue weighted by Crippen LogP contribution is -2.39. The molecular formula is C18H22N6OS. The molecule has 1 unspecified atom stereocenters. The van der Waals surface area contributed by atoms with Gasteiger partial charge in [0, 0.05) is 6.54 Å². The zero-order valence-electron chi connectivity index (χ0n) is 14.9. The summed E-state index contributed by atoms with van der Waals surface area (Å²) in [6.07, 6.45) is 4.37. The van der Waals surface area contributed by atoms with E-state index < -0.39 is 0 Å². The van der Waals surface area contributed by atoms with Gasteiger partial charge in [0.05, 0.1) is 16.3 Å². The number of aromatic nitrogens is 5. The van der Waals surface area contributed by atoms with Crippen LogP contribution in [0.5, 0.6) is 0 Å². The van der Waals surface area contributed by atoms with E-state index in [4.69, 9.17) is 4.98 Å². The van der Waals surface area contributed by atoms with Gasteiger partial charge in [0.1, 0.15) is 17.4 Å². The number of carbonyl (C=O) groups excluding carboxylic acids is 1. The van der Waals surface area contributed by atoms with Crippen LogP contribution in [0.4, 0.5) is 0 Å². The Hall–Kier alpha value is -2.35. The summed E-state index contributed by atoms with van der Waals surface area (Å²) in [5.41, 5.74) is 1.01. The number of likely N-dealkylation sites (tertiary alicyclic amines) is 1. The lowest BCUT2D eigenvalue weighted by Gasteiger charge is -2.30. The van der Waals surface area contributed by atoms with Crippen LogP contribution in [0.1, 0.15) is 50.2 Å². The maximum atomic E-state index is 13.4. The highest BCUT2D eigenvalue weighted by Crippen LogP contribution is 2.38. The molecule has 1 aromatic carbocycles. The molecule has 8 heteroatoms. The summed E-state index contributed by atoms with van der Waals surface area (Å²) < 4.78 is 2.77. The van der Waals surface area contributed by atoms with Crippen molar-refractivity contribution in [2.75, 3.05) is 6.54 Å². The van der Waals surface area contributed by atoms with Gasteiger partial charge in [-0.15, -0.1) is 16.4 Å². The molecule has 0 aliphatic carbocycles. The summed E-state index contributed by atoms with van der Waals surface area (Å²) >= 11 is 1.69. The second-order valence-corrected chi connectivity index (χ2v) is 7.89. The van der Waals surface area contributed by atoms with E-state index in [2.05, 4.69) is 35.4 Å². The number of nitrogens with zero attached hydrogens (tertiary/aromatic N) is 6. The summed E-state index contributed by atoms with van der Waals surface area (Å²) in [5, 5.41) is 12.5. The molecule has 1 saturated heterocycles. The van der Waals surface area contributed by atoms with E-state index in [9.17, 15) is 4.79 Å². The zero-order chi connectivity index (χ0) is 18.1. The standard InChI is InChI=1S/C18H22N6OS/c1-3-12(2)16(24-11-19-21-22-24)18(25)23-10-6-8-14(23)17-20-13-7-4-5-9-15(13)26-17/h4-5,7,9,11-12,14,16H,3,6,8,10H2,1-2H3/t12-,14?,16-/m0/s1. The minimum absolute atomic E-state index is 0.0444. The van der Waals surface area contributed by atoms with Gasteiger partial charge in [-0.1, -0.05) is 32.4 Å². The van der Waals surface area contributed by atoms with Crippen molar-refractivity contribution in [1.29, 1.82) is 0 Å². The second kappa shape index (κ2) is 7.11. The Morgan fingerprint density at radius 2 is 2.23 bits per heavy atom. The molecular weight excluding hydrogens is 348 g/mol. The van der Waals surface area contributed by atoms with Crippen LogP contribution in [0.2, 0.25) is 0 Å². The average Bonchev–Trinajstić information content (AvgIpc) is 3.39. The Morgan fingerprint density at radius 1 is 1.38 bits per heavy atom. The predicted molar refractivity (Wildman–Crippen MR) is 99.6 cm³/mol. The third kappa shape index (κ3) is 2.98. The van der Waals surface area contributed by atoms with E-state index in [0.717, 1.165) is 36.3 Å². The van der Waals surface area contributed by atoms with Gasteiger partial charge in [0.25, 0.3) is 0 Å². The van der Waals surface area contributed by atoms with Crippen LogP contribution in [0.3, 0.4) is 0 Å². The van der Waals surface area contributed by atoms with Crippen LogP contribution in [-0.4, -0.2) is 42.5 Å². The van der Waals surface area contributed by atoms with Crippen LogP contribution in [0, 0.1) is 5.92 Å². The first kappa shape index (κ1) is 17.1. The van der Waals surface area contributed by atoms with Gasteiger partial charge in [-0.05, 0) is 41.3 Å². The van der Waals surface area contributed by atoms with Gasteiger partial charge in [-0.2, -0.15) is 0 Å². The monoisotopic (exact) mass is 370 g/mol. The minimum Gasteiger partial charge on any atom is -0.331 e. The number of fused-ring (bicyclic) bond motifs is 1. The highest BCUT2D eigenvalue weighted by atomic mass is 32.1. The van der Waals surface area contributed by atoms with E-state index in [0.29, 0.717) is 0 Å². The molecule has 3 atom stereocenters. The van der Waals surface area contributed by atoms with Gasteiger partial charge in [-0.3, -0.25) is 4.79 Å². The third-order valence-electron chi connectivity index (χ3n) is 5.22. The predicted octanol–water partition coefficient (Wildman–Crippen LogP) is 3.23. The third-order valence-corrected chi connectivity index (χ3v) is 6.35. The number of tetrazole rings is 1. The van der Waals surface area contributed by atoms with Crippen molar-refractivity contribution in [3.05, 3.63) is 35.6 Å². The Morgan fingerprint density at radius 3 is 2.96 bits per heavy atom. The summed E-state index contributed by atoms with van der Waals surface area (Å²) in [4.78, 5) is 20.2. The van der Waals surface area contributed by atoms with Crippen LogP contribution in [-0.2, 0) is 4.79 Å². The van der Waals surface area contributed by atoms with Crippen molar-refractivity contribution in [3.63, 3.8) is 0 Å². The van der Waals surface area contributed by atoms with Crippen molar-refractivity contribution in [1.82, 2.24) is 30.1 Å². The Balaban J connectivity index is 1.65. The van der Waals surface area contributed by atoms with E-state index in [-0.39, 0.29) is 23.9 Å². The van der Waals surface area contributed by atoms with E-state index >= 15 is 0 Å². The maximum Gasteiger partial charge on any atom is 0.248 e. The fraction of sp³-hybridized carbons (Fsp3) is 0.500. The van der Waals surface area contributed by atoms with Crippen molar-refractivity contribution in [2.24, 2.45) is 5.92 Å². The number of hydrogen-bond donors (Lipinski definition) is 0. The Kier molecular flexibility index (Phi) is 4.67. The molecule has 4 rings (SSSR count). The molecule has 0 saturated carbocycles. The number of hydrogen-bond acceptors (Lipinski definition) is 6. The van der Waals surface area contributed by atoms with Crippen molar-refractivity contribution in [3.8, 4) is 0 Å². The molecule has 0 bridgehead atoms. The second-order valence-electron chi connectivity index (χ2n) is 6.83. The average molecular weight is 370 g/mol. The number of amides is 1. The molecule has 0 spiro atoms. The number of carbonyl (C=O) groups is 1. The molecule has 0 radical (unpaired) electrons. The quantitative estimate of drug-likeness (QED) is 0.689. The normalized spacial score (nSPS) is 19.8. The molecule has 136 valence electrons. The lowest BCUT2D eigenvalue weighted by atomic mass is 9.97. The fourth-order valence-electron chi connectivity index (χ4n) is 3.63. The summed E-state index contributed by atoms with van der Waals surface area (Å²) in [6.45, 7) is 4.92. The molecule has 3 heterocycles. The van der Waals surface area contributed by atoms with Crippen LogP contribution in [0.25, 0.3) is 10.2 Å². The van der Waals surface area contributed by atoms with Gasteiger partial charge >= 0.3 is 0 Å². The fourth-order valence-corrected chi connectivity index (χ4v) is 4.74. The van der Waals surface area contributed by atoms with Crippen LogP contribution in [0.15, 0.2) is 30.6 Å². The zero-order valence-corrected chi connectivity index (χ0v) is 15.8. The van der Waals surface area contributed by atoms with E-state index in [1.54, 1.807) is 16.0 Å². The maximum absolute atomic E-state index is 13.4. The molecule has 3 aromatic rings. The highest BCUT2D eigenvalue weighted by Gasteiger charge is 2.38. The van der Waals surface area contributed by atoms with Crippen LogP contribution < -0.4 is 0 Å². The number of benzene rings is 1. The summed E-state index contributed by atoms with van der Waals surface area (Å²) in [7, 11) is 0. The molecule has 26 heavy (non-hydrogen) atoms. The molecule has 1 fully saturated rings. The summed E-state index contributed by atoms with van der Waals surface area (Å²) in [5.74, 6) is 0.246. The van der Waals surface area contributed by atoms with Crippen LogP contribution >= 0.6 is 11.3 Å². The molecule has 1 aliphatic rings. The first-order valence-corrected chi connectivity index (χ1v) is 9.89. The summed E-state index contributed by atoms with van der Waals surface area (Å²) in [6, 6.07) is 7.81. The number of thiazole rings is 1. The van der Waals surface area contributed by atoms with Crippen molar-refractivity contribution in [2.45, 2.75) is 45.2 Å². The Labute approximate surface area is 156 Å².